The molecule has 0 aliphatic carbocycles. The van der Waals surface area contributed by atoms with Crippen molar-refractivity contribution in [3.05, 3.63) is 130 Å². The molecular weight excluding hydrogens is 564 g/mol. The monoisotopic (exact) mass is 604 g/mol. The maximum absolute atomic E-state index is 6.58. The Hall–Kier alpha value is -5.16. The van der Waals surface area contributed by atoms with Crippen LogP contribution in [0.2, 0.25) is 0 Å². The first-order valence-electron chi connectivity index (χ1n) is 16.2. The Balaban J connectivity index is 1.32. The van der Waals surface area contributed by atoms with E-state index < -0.39 is 0 Å². The number of hydrogen-bond acceptors (Lipinski definition) is 3. The lowest BCUT2D eigenvalue weighted by molar-refractivity contribution is 0.482. The molecule has 3 aromatic heterocycles. The molecule has 4 aromatic carbocycles. The van der Waals surface area contributed by atoms with Gasteiger partial charge in [-0.3, -0.25) is 4.57 Å². The van der Waals surface area contributed by atoms with Gasteiger partial charge in [0.25, 0.3) is 0 Å². The highest BCUT2D eigenvalue weighted by atomic mass is 16.5. The Morgan fingerprint density at radius 1 is 0.652 bits per heavy atom. The van der Waals surface area contributed by atoms with E-state index in [1.165, 1.54) is 55.4 Å². The molecule has 5 nitrogen and oxygen atoms in total. The molecule has 0 aliphatic rings. The molecule has 7 aromatic rings. The second kappa shape index (κ2) is 11.6. The summed E-state index contributed by atoms with van der Waals surface area (Å²) in [6, 6.07) is 29.5. The summed E-state index contributed by atoms with van der Waals surface area (Å²) in [4.78, 5) is 4.73. The Morgan fingerprint density at radius 3 is 2.13 bits per heavy atom. The van der Waals surface area contributed by atoms with E-state index in [2.05, 4.69) is 131 Å². The summed E-state index contributed by atoms with van der Waals surface area (Å²) in [5.74, 6) is 2.44. The average molecular weight is 605 g/mol. The van der Waals surface area contributed by atoms with Crippen LogP contribution in [-0.4, -0.2) is 19.3 Å². The van der Waals surface area contributed by atoms with Crippen molar-refractivity contribution in [1.29, 1.82) is 0 Å². The van der Waals surface area contributed by atoms with Gasteiger partial charge in [0.1, 0.15) is 17.3 Å². The molecule has 46 heavy (non-hydrogen) atoms. The Labute approximate surface area is 271 Å². The topological polar surface area (TPSA) is 44.9 Å². The van der Waals surface area contributed by atoms with Crippen LogP contribution in [0.15, 0.2) is 91.1 Å². The van der Waals surface area contributed by atoms with Gasteiger partial charge in [-0.05, 0) is 123 Å². The van der Waals surface area contributed by atoms with E-state index in [0.29, 0.717) is 0 Å². The van der Waals surface area contributed by atoms with E-state index in [9.17, 15) is 0 Å². The third-order valence-corrected chi connectivity index (χ3v) is 9.41. The van der Waals surface area contributed by atoms with Crippen molar-refractivity contribution in [2.75, 3.05) is 0 Å². The maximum atomic E-state index is 6.58. The number of aryl methyl sites for hydroxylation is 4. The summed E-state index contributed by atoms with van der Waals surface area (Å²) in [5, 5.41) is 7.56. The molecule has 5 heteroatoms. The third kappa shape index (κ3) is 4.87. The minimum absolute atomic E-state index is 0.768. The molecule has 0 saturated carbocycles. The molecule has 0 spiro atoms. The first-order valence-corrected chi connectivity index (χ1v) is 16.2. The molecule has 0 bridgehead atoms. The molecule has 0 fully saturated rings. The van der Waals surface area contributed by atoms with E-state index in [4.69, 9.17) is 14.8 Å². The maximum Gasteiger partial charge on any atom is 0.137 e. The van der Waals surface area contributed by atoms with E-state index in [1.807, 2.05) is 18.3 Å². The van der Waals surface area contributed by atoms with Gasteiger partial charge >= 0.3 is 0 Å². The zero-order valence-corrected chi connectivity index (χ0v) is 27.8. The summed E-state index contributed by atoms with van der Waals surface area (Å²) in [7, 11) is 0. The zero-order chi connectivity index (χ0) is 32.1. The smallest absolute Gasteiger partial charge is 0.137 e. The van der Waals surface area contributed by atoms with Gasteiger partial charge in [0, 0.05) is 34.7 Å². The Morgan fingerprint density at radius 2 is 1.39 bits per heavy atom. The number of rotatable bonds is 7. The zero-order valence-electron chi connectivity index (χ0n) is 27.8. The van der Waals surface area contributed by atoms with E-state index in [1.54, 1.807) is 0 Å². The SMILES string of the molecule is CCc1nn(-c2cccc(Oc3ccc4c5ccccc5n(-c5cc(C)ccn5)c4c3)c2)c(CC)c1-c1c(C)c(C)cc(C)c1C. The number of nitrogens with zero attached hydrogens (tertiary/aromatic N) is 4. The van der Waals surface area contributed by atoms with Crippen molar-refractivity contribution in [2.45, 2.75) is 61.3 Å². The highest BCUT2D eigenvalue weighted by molar-refractivity contribution is 6.09. The molecule has 230 valence electrons. The average Bonchev–Trinajstić information content (AvgIpc) is 3.59. The minimum Gasteiger partial charge on any atom is -0.457 e. The quantitative estimate of drug-likeness (QED) is 0.182. The van der Waals surface area contributed by atoms with Crippen molar-refractivity contribution in [1.82, 2.24) is 19.3 Å². The van der Waals surface area contributed by atoms with Crippen LogP contribution in [0.4, 0.5) is 0 Å². The van der Waals surface area contributed by atoms with E-state index in [-0.39, 0.29) is 0 Å². The van der Waals surface area contributed by atoms with Crippen molar-refractivity contribution in [3.8, 4) is 34.1 Å². The van der Waals surface area contributed by atoms with Crippen molar-refractivity contribution >= 4 is 21.8 Å². The van der Waals surface area contributed by atoms with Crippen LogP contribution >= 0.6 is 0 Å². The highest BCUT2D eigenvalue weighted by Crippen LogP contribution is 2.39. The summed E-state index contributed by atoms with van der Waals surface area (Å²) in [6.07, 6.45) is 3.60. The van der Waals surface area contributed by atoms with Crippen LogP contribution in [0, 0.1) is 34.6 Å². The fourth-order valence-corrected chi connectivity index (χ4v) is 6.89. The number of hydrogen-bond donors (Lipinski definition) is 0. The molecular formula is C41H40N4O. The van der Waals surface area contributed by atoms with Gasteiger partial charge in [-0.15, -0.1) is 0 Å². The number of benzene rings is 4. The van der Waals surface area contributed by atoms with Crippen LogP contribution in [0.5, 0.6) is 11.5 Å². The van der Waals surface area contributed by atoms with Gasteiger partial charge in [-0.2, -0.15) is 5.10 Å². The lowest BCUT2D eigenvalue weighted by Gasteiger charge is -2.17. The van der Waals surface area contributed by atoms with Crippen molar-refractivity contribution in [3.63, 3.8) is 0 Å². The second-order valence-electron chi connectivity index (χ2n) is 12.3. The molecule has 0 saturated heterocycles. The molecule has 0 radical (unpaired) electrons. The van der Waals surface area contributed by atoms with E-state index in [0.717, 1.165) is 52.6 Å². The molecule has 0 aliphatic heterocycles. The van der Waals surface area contributed by atoms with Crippen LogP contribution in [-0.2, 0) is 12.8 Å². The lowest BCUT2D eigenvalue weighted by Crippen LogP contribution is -2.03. The van der Waals surface area contributed by atoms with Crippen LogP contribution in [0.25, 0.3) is 44.4 Å². The fourth-order valence-electron chi connectivity index (χ4n) is 6.89. The number of pyridine rings is 1. The fraction of sp³-hybridized carbons (Fsp3) is 0.220. The minimum atomic E-state index is 0.768. The van der Waals surface area contributed by atoms with Gasteiger partial charge in [0.2, 0.25) is 0 Å². The normalized spacial score (nSPS) is 11.5. The largest absolute Gasteiger partial charge is 0.457 e. The summed E-state index contributed by atoms with van der Waals surface area (Å²) < 4.78 is 10.9. The molecule has 0 N–H and O–H groups in total. The molecule has 0 atom stereocenters. The van der Waals surface area contributed by atoms with Crippen LogP contribution in [0.1, 0.15) is 53.1 Å². The van der Waals surface area contributed by atoms with Crippen molar-refractivity contribution in [2.24, 2.45) is 0 Å². The first-order chi connectivity index (χ1) is 22.3. The van der Waals surface area contributed by atoms with Gasteiger partial charge in [0.15, 0.2) is 0 Å². The summed E-state index contributed by atoms with van der Waals surface area (Å²) in [5.41, 5.74) is 14.6. The molecule has 0 unspecified atom stereocenters. The molecule has 7 rings (SSSR count). The summed E-state index contributed by atoms with van der Waals surface area (Å²) >= 11 is 0. The molecule has 0 amide bonds. The van der Waals surface area contributed by atoms with Crippen molar-refractivity contribution < 1.29 is 4.74 Å². The van der Waals surface area contributed by atoms with Crippen LogP contribution < -0.4 is 4.74 Å². The molecule has 3 heterocycles. The van der Waals surface area contributed by atoms with Gasteiger partial charge in [-0.1, -0.05) is 44.2 Å². The first kappa shape index (κ1) is 29.5. The van der Waals surface area contributed by atoms with Gasteiger partial charge < -0.3 is 4.74 Å². The number of fused-ring (bicyclic) bond motifs is 3. The predicted octanol–water partition coefficient (Wildman–Crippen LogP) is 10.5. The number of aromatic nitrogens is 4. The summed E-state index contributed by atoms with van der Waals surface area (Å²) in [6.45, 7) is 15.4. The predicted molar refractivity (Wildman–Crippen MR) is 190 cm³/mol. The second-order valence-corrected chi connectivity index (χ2v) is 12.3. The van der Waals surface area contributed by atoms with Gasteiger partial charge in [0.05, 0.1) is 28.1 Å². The third-order valence-electron chi connectivity index (χ3n) is 9.41. The Bertz CT molecular complexity index is 2240. The highest BCUT2D eigenvalue weighted by Gasteiger charge is 2.23. The van der Waals surface area contributed by atoms with Gasteiger partial charge in [-0.25, -0.2) is 9.67 Å². The Kier molecular flexibility index (Phi) is 7.48. The number of ether oxygens (including phenoxy) is 1. The lowest BCUT2D eigenvalue weighted by atomic mass is 9.87. The van der Waals surface area contributed by atoms with Crippen LogP contribution in [0.3, 0.4) is 0 Å². The standard InChI is InChI=1S/C41H40N4O/c1-8-35-41(40-28(6)26(4)22-27(5)29(40)7)36(9-2)45(43-35)30-13-12-14-31(23-30)46-32-17-18-34-33-15-10-11-16-37(33)44(38(34)24-32)39-21-25(3)19-20-42-39/h10-24H,8-9H2,1-7H3. The van der Waals surface area contributed by atoms with E-state index >= 15 is 0 Å². The number of para-hydroxylation sites is 1.